The fourth-order valence-corrected chi connectivity index (χ4v) is 2.08. The first-order valence-electron chi connectivity index (χ1n) is 6.37. The van der Waals surface area contributed by atoms with Crippen molar-refractivity contribution in [1.29, 1.82) is 0 Å². The summed E-state index contributed by atoms with van der Waals surface area (Å²) in [6.07, 6.45) is 1.61. The number of methoxy groups -OCH3 is 1. The number of carboxylic acids is 1. The van der Waals surface area contributed by atoms with Crippen LogP contribution in [0.1, 0.15) is 16.7 Å². The molecule has 0 aromatic heterocycles. The lowest BCUT2D eigenvalue weighted by Gasteiger charge is -2.06. The summed E-state index contributed by atoms with van der Waals surface area (Å²) >= 11 is 6.07. The highest BCUT2D eigenvalue weighted by atomic mass is 35.5. The van der Waals surface area contributed by atoms with Crippen LogP contribution in [0.2, 0.25) is 5.02 Å². The summed E-state index contributed by atoms with van der Waals surface area (Å²) < 4.78 is 5.08. The molecule has 0 atom stereocenters. The van der Waals surface area contributed by atoms with Crippen molar-refractivity contribution in [2.45, 2.75) is 6.92 Å². The van der Waals surface area contributed by atoms with Crippen molar-refractivity contribution in [2.75, 3.05) is 7.11 Å². The van der Waals surface area contributed by atoms with E-state index in [9.17, 15) is 9.90 Å². The molecule has 3 nitrogen and oxygen atoms in total. The Kier molecular flexibility index (Phi) is 4.66. The van der Waals surface area contributed by atoms with Crippen molar-refractivity contribution in [1.82, 2.24) is 0 Å². The first-order chi connectivity index (χ1) is 10.0. The highest BCUT2D eigenvalue weighted by Crippen LogP contribution is 2.24. The van der Waals surface area contributed by atoms with Crippen LogP contribution in [-0.2, 0) is 4.79 Å². The van der Waals surface area contributed by atoms with E-state index in [1.165, 1.54) is 0 Å². The van der Waals surface area contributed by atoms with E-state index in [0.717, 1.165) is 16.9 Å². The Labute approximate surface area is 128 Å². The zero-order valence-electron chi connectivity index (χ0n) is 11.8. The second-order valence-corrected chi connectivity index (χ2v) is 5.01. The van der Waals surface area contributed by atoms with E-state index < -0.39 is 5.97 Å². The number of hydrogen-bond donors (Lipinski definition) is 1. The Morgan fingerprint density at radius 1 is 1.19 bits per heavy atom. The molecule has 0 heterocycles. The maximum Gasteiger partial charge on any atom is 0.336 e. The van der Waals surface area contributed by atoms with Gasteiger partial charge in [-0.15, -0.1) is 0 Å². The minimum Gasteiger partial charge on any atom is -0.497 e. The highest BCUT2D eigenvalue weighted by Gasteiger charge is 2.11. The number of benzene rings is 2. The molecule has 0 amide bonds. The van der Waals surface area contributed by atoms with E-state index in [1.807, 2.05) is 13.0 Å². The van der Waals surface area contributed by atoms with Gasteiger partial charge in [0.2, 0.25) is 0 Å². The summed E-state index contributed by atoms with van der Waals surface area (Å²) in [6, 6.07) is 12.4. The lowest BCUT2D eigenvalue weighted by atomic mass is 10.0. The van der Waals surface area contributed by atoms with Gasteiger partial charge >= 0.3 is 5.97 Å². The van der Waals surface area contributed by atoms with Gasteiger partial charge in [0.15, 0.2) is 0 Å². The molecule has 2 aromatic rings. The molecule has 2 rings (SSSR count). The second-order valence-electron chi connectivity index (χ2n) is 4.60. The molecule has 0 fully saturated rings. The van der Waals surface area contributed by atoms with Crippen LogP contribution >= 0.6 is 11.6 Å². The third kappa shape index (κ3) is 3.64. The largest absolute Gasteiger partial charge is 0.497 e. The maximum atomic E-state index is 11.5. The monoisotopic (exact) mass is 302 g/mol. The molecule has 0 unspecified atom stereocenters. The average Bonchev–Trinajstić information content (AvgIpc) is 2.48. The van der Waals surface area contributed by atoms with Gasteiger partial charge < -0.3 is 9.84 Å². The SMILES string of the molecule is COc1ccc(/C=C(\C(=O)O)c2ccc(C)c(Cl)c2)cc1. The van der Waals surface area contributed by atoms with Crippen LogP contribution in [-0.4, -0.2) is 18.2 Å². The van der Waals surface area contributed by atoms with Crippen LogP contribution in [0.25, 0.3) is 11.6 Å². The Hall–Kier alpha value is -2.26. The van der Waals surface area contributed by atoms with Gasteiger partial charge in [-0.05, 0) is 47.9 Å². The van der Waals surface area contributed by atoms with E-state index in [4.69, 9.17) is 16.3 Å². The molecule has 0 spiro atoms. The van der Waals surface area contributed by atoms with Crippen molar-refractivity contribution in [3.8, 4) is 5.75 Å². The number of halogens is 1. The minimum absolute atomic E-state index is 0.196. The van der Waals surface area contributed by atoms with Crippen LogP contribution in [0.3, 0.4) is 0 Å². The van der Waals surface area contributed by atoms with Crippen LogP contribution in [0.15, 0.2) is 42.5 Å². The standard InChI is InChI=1S/C17H15ClO3/c1-11-3-6-13(10-16(11)18)15(17(19)20)9-12-4-7-14(21-2)8-5-12/h3-10H,1-2H3,(H,19,20)/b15-9-. The molecular weight excluding hydrogens is 288 g/mol. The maximum absolute atomic E-state index is 11.5. The van der Waals surface area contributed by atoms with Crippen molar-refractivity contribution in [2.24, 2.45) is 0 Å². The number of aryl methyl sites for hydroxylation is 1. The zero-order valence-corrected chi connectivity index (χ0v) is 12.5. The quantitative estimate of drug-likeness (QED) is 0.677. The van der Waals surface area contributed by atoms with Crippen molar-refractivity contribution >= 4 is 29.2 Å². The number of ether oxygens (including phenoxy) is 1. The Morgan fingerprint density at radius 3 is 2.38 bits per heavy atom. The molecule has 0 saturated heterocycles. The first kappa shape index (κ1) is 15.1. The Balaban J connectivity index is 2.44. The molecule has 0 aliphatic heterocycles. The van der Waals surface area contributed by atoms with Gasteiger partial charge in [-0.1, -0.05) is 35.9 Å². The van der Waals surface area contributed by atoms with Crippen LogP contribution in [0, 0.1) is 6.92 Å². The number of rotatable bonds is 4. The summed E-state index contributed by atoms with van der Waals surface area (Å²) in [4.78, 5) is 11.5. The van der Waals surface area contributed by atoms with Gasteiger partial charge in [0.25, 0.3) is 0 Å². The average molecular weight is 303 g/mol. The Bertz CT molecular complexity index is 688. The predicted octanol–water partition coefficient (Wildman–Crippen LogP) is 4.28. The molecule has 1 N–H and O–H groups in total. The summed E-state index contributed by atoms with van der Waals surface area (Å²) in [6.45, 7) is 1.87. The fourth-order valence-electron chi connectivity index (χ4n) is 1.90. The topological polar surface area (TPSA) is 46.5 Å². The van der Waals surface area contributed by atoms with Gasteiger partial charge in [-0.2, -0.15) is 0 Å². The van der Waals surface area contributed by atoms with Crippen molar-refractivity contribution < 1.29 is 14.6 Å². The summed E-state index contributed by atoms with van der Waals surface area (Å²) in [5.41, 5.74) is 2.47. The number of hydrogen-bond acceptors (Lipinski definition) is 2. The molecule has 108 valence electrons. The number of carbonyl (C=O) groups is 1. The summed E-state index contributed by atoms with van der Waals surface area (Å²) in [5, 5.41) is 9.96. The van der Waals surface area contributed by atoms with Gasteiger partial charge in [-0.3, -0.25) is 0 Å². The molecule has 21 heavy (non-hydrogen) atoms. The smallest absolute Gasteiger partial charge is 0.336 e. The van der Waals surface area contributed by atoms with E-state index in [1.54, 1.807) is 49.6 Å². The van der Waals surface area contributed by atoms with Gasteiger partial charge in [0.1, 0.15) is 5.75 Å². The van der Waals surface area contributed by atoms with Crippen molar-refractivity contribution in [3.63, 3.8) is 0 Å². The zero-order chi connectivity index (χ0) is 15.4. The Morgan fingerprint density at radius 2 is 1.86 bits per heavy atom. The summed E-state index contributed by atoms with van der Waals surface area (Å²) in [5.74, 6) is -0.270. The third-order valence-corrected chi connectivity index (χ3v) is 3.55. The first-order valence-corrected chi connectivity index (χ1v) is 6.74. The van der Waals surface area contributed by atoms with E-state index >= 15 is 0 Å². The lowest BCUT2D eigenvalue weighted by Crippen LogP contribution is -2.00. The number of carboxylic acid groups (broad SMARTS) is 1. The molecule has 2 aromatic carbocycles. The fraction of sp³-hybridized carbons (Fsp3) is 0.118. The van der Waals surface area contributed by atoms with Gasteiger partial charge in [0, 0.05) is 5.02 Å². The number of aliphatic carboxylic acids is 1. The predicted molar refractivity (Wildman–Crippen MR) is 84.7 cm³/mol. The molecule has 0 radical (unpaired) electrons. The molecular formula is C17H15ClO3. The molecule has 0 aliphatic carbocycles. The molecule has 0 saturated carbocycles. The van der Waals surface area contributed by atoms with E-state index in [0.29, 0.717) is 10.6 Å². The van der Waals surface area contributed by atoms with E-state index in [2.05, 4.69) is 0 Å². The lowest BCUT2D eigenvalue weighted by molar-refractivity contribution is -0.130. The molecule has 0 bridgehead atoms. The van der Waals surface area contributed by atoms with E-state index in [-0.39, 0.29) is 5.57 Å². The van der Waals surface area contributed by atoms with Crippen LogP contribution in [0.4, 0.5) is 0 Å². The van der Waals surface area contributed by atoms with Gasteiger partial charge in [0.05, 0.1) is 12.7 Å². The summed E-state index contributed by atoms with van der Waals surface area (Å²) in [7, 11) is 1.59. The molecule has 0 aliphatic rings. The van der Waals surface area contributed by atoms with Crippen molar-refractivity contribution in [3.05, 3.63) is 64.2 Å². The second kappa shape index (κ2) is 6.46. The normalized spacial score (nSPS) is 11.3. The van der Waals surface area contributed by atoms with Crippen LogP contribution in [0.5, 0.6) is 5.75 Å². The molecule has 4 heteroatoms. The minimum atomic E-state index is -0.995. The van der Waals surface area contributed by atoms with Crippen LogP contribution < -0.4 is 4.74 Å². The van der Waals surface area contributed by atoms with Gasteiger partial charge in [-0.25, -0.2) is 4.79 Å². The highest BCUT2D eigenvalue weighted by molar-refractivity contribution is 6.32. The third-order valence-electron chi connectivity index (χ3n) is 3.14.